The molecule has 9 heteroatoms. The third kappa shape index (κ3) is 5.00. The van der Waals surface area contributed by atoms with E-state index in [0.29, 0.717) is 19.4 Å². The first-order valence-electron chi connectivity index (χ1n) is 10.0. The summed E-state index contributed by atoms with van der Waals surface area (Å²) in [6.45, 7) is 0.568. The van der Waals surface area contributed by atoms with Gasteiger partial charge in [-0.05, 0) is 37.1 Å². The number of para-hydroxylation sites is 1. The molecule has 1 aliphatic rings. The smallest absolute Gasteiger partial charge is 0.246 e. The number of nitrogens with zero attached hydrogens (tertiary/aromatic N) is 3. The minimum atomic E-state index is -3.66. The first-order chi connectivity index (χ1) is 14.9. The number of anilines is 1. The molecule has 1 saturated heterocycles. The number of amides is 1. The molecular weight excluding hydrogens is 432 g/mol. The minimum Gasteiger partial charge on any atom is -0.325 e. The van der Waals surface area contributed by atoms with E-state index in [0.717, 1.165) is 15.5 Å². The van der Waals surface area contributed by atoms with Crippen LogP contribution in [0.1, 0.15) is 12.8 Å². The molecule has 1 N–H and O–H groups in total. The highest BCUT2D eigenvalue weighted by atomic mass is 32.2. The first kappa shape index (κ1) is 21.6. The van der Waals surface area contributed by atoms with Crippen LogP contribution in [0.5, 0.6) is 0 Å². The molecule has 162 valence electrons. The molecule has 0 bridgehead atoms. The maximum absolute atomic E-state index is 13.0. The number of nitrogens with one attached hydrogen (secondary N) is 1. The molecule has 2 heterocycles. The first-order valence-corrected chi connectivity index (χ1v) is 12.3. The van der Waals surface area contributed by atoms with Crippen LogP contribution in [-0.2, 0) is 21.9 Å². The summed E-state index contributed by atoms with van der Waals surface area (Å²) in [7, 11) is -1.99. The van der Waals surface area contributed by atoms with Gasteiger partial charge in [-0.15, -0.1) is 0 Å². The molecule has 1 aromatic heterocycles. The van der Waals surface area contributed by atoms with E-state index in [1.165, 1.54) is 21.4 Å². The van der Waals surface area contributed by atoms with E-state index in [9.17, 15) is 13.2 Å². The predicted octanol–water partition coefficient (Wildman–Crippen LogP) is 3.61. The van der Waals surface area contributed by atoms with Crippen LogP contribution in [0.25, 0.3) is 0 Å². The van der Waals surface area contributed by atoms with Crippen molar-refractivity contribution in [3.63, 3.8) is 0 Å². The second kappa shape index (κ2) is 9.25. The highest BCUT2D eigenvalue weighted by molar-refractivity contribution is 7.99. The van der Waals surface area contributed by atoms with E-state index in [1.54, 1.807) is 18.8 Å². The molecule has 1 atom stereocenters. The number of piperidine rings is 1. The maximum atomic E-state index is 13.0. The zero-order chi connectivity index (χ0) is 21.8. The SMILES string of the molecule is Cn1cc(S(=O)(=O)N2CCCC(C(=O)Nc3ccccc3Sc3ccccc3)C2)cn1. The van der Waals surface area contributed by atoms with Crippen LogP contribution in [0.3, 0.4) is 0 Å². The lowest BCUT2D eigenvalue weighted by molar-refractivity contribution is -0.120. The number of carbonyl (C=O) groups is 1. The molecule has 7 nitrogen and oxygen atoms in total. The quantitative estimate of drug-likeness (QED) is 0.613. The average molecular weight is 457 g/mol. The summed E-state index contributed by atoms with van der Waals surface area (Å²) in [5, 5.41) is 6.98. The molecule has 1 aliphatic heterocycles. The molecule has 3 aromatic rings. The molecule has 0 saturated carbocycles. The van der Waals surface area contributed by atoms with Crippen molar-refractivity contribution < 1.29 is 13.2 Å². The van der Waals surface area contributed by atoms with Gasteiger partial charge in [-0.2, -0.15) is 9.40 Å². The number of benzene rings is 2. The van der Waals surface area contributed by atoms with E-state index in [-0.39, 0.29) is 17.3 Å². The Balaban J connectivity index is 1.47. The number of hydrogen-bond donors (Lipinski definition) is 1. The van der Waals surface area contributed by atoms with Crippen molar-refractivity contribution in [1.29, 1.82) is 0 Å². The Bertz CT molecular complexity index is 1160. The molecule has 0 radical (unpaired) electrons. The number of hydrogen-bond acceptors (Lipinski definition) is 5. The molecule has 1 fully saturated rings. The van der Waals surface area contributed by atoms with Crippen LogP contribution < -0.4 is 5.32 Å². The molecule has 0 spiro atoms. The number of aromatic nitrogens is 2. The van der Waals surface area contributed by atoms with Gasteiger partial charge < -0.3 is 5.32 Å². The van der Waals surface area contributed by atoms with E-state index in [2.05, 4.69) is 10.4 Å². The standard InChI is InChI=1S/C22H24N4O3S2/c1-25-16-19(14-23-25)31(28,29)26-13-7-8-17(15-26)22(27)24-20-11-5-6-12-21(20)30-18-9-3-2-4-10-18/h2-6,9-12,14,16-17H,7-8,13,15H2,1H3,(H,24,27). The van der Waals surface area contributed by atoms with Gasteiger partial charge in [0.15, 0.2) is 0 Å². The predicted molar refractivity (Wildman–Crippen MR) is 120 cm³/mol. The summed E-state index contributed by atoms with van der Waals surface area (Å²) in [4.78, 5) is 15.2. The number of sulfonamides is 1. The van der Waals surface area contributed by atoms with Gasteiger partial charge in [-0.3, -0.25) is 9.48 Å². The van der Waals surface area contributed by atoms with Gasteiger partial charge in [0, 0.05) is 36.1 Å². The van der Waals surface area contributed by atoms with Gasteiger partial charge in [-0.25, -0.2) is 8.42 Å². The Labute approximate surface area is 186 Å². The molecule has 31 heavy (non-hydrogen) atoms. The van der Waals surface area contributed by atoms with Crippen molar-refractivity contribution in [2.24, 2.45) is 13.0 Å². The Morgan fingerprint density at radius 2 is 1.87 bits per heavy atom. The molecule has 0 aliphatic carbocycles. The van der Waals surface area contributed by atoms with Crippen LogP contribution >= 0.6 is 11.8 Å². The zero-order valence-electron chi connectivity index (χ0n) is 17.1. The van der Waals surface area contributed by atoms with Gasteiger partial charge >= 0.3 is 0 Å². The summed E-state index contributed by atoms with van der Waals surface area (Å²) in [6, 6.07) is 17.6. The summed E-state index contributed by atoms with van der Waals surface area (Å²) in [5.74, 6) is -0.567. The van der Waals surface area contributed by atoms with Crippen molar-refractivity contribution in [3.8, 4) is 0 Å². The second-order valence-corrected chi connectivity index (χ2v) is 10.5. The Kier molecular flexibility index (Phi) is 6.45. The highest BCUT2D eigenvalue weighted by Crippen LogP contribution is 2.34. The number of rotatable bonds is 6. The Morgan fingerprint density at radius 1 is 1.13 bits per heavy atom. The van der Waals surface area contributed by atoms with Gasteiger partial charge in [0.2, 0.25) is 15.9 Å². The van der Waals surface area contributed by atoms with Gasteiger partial charge in [0.25, 0.3) is 0 Å². The van der Waals surface area contributed by atoms with Crippen molar-refractivity contribution in [1.82, 2.24) is 14.1 Å². The van der Waals surface area contributed by atoms with Gasteiger partial charge in [-0.1, -0.05) is 42.1 Å². The van der Waals surface area contributed by atoms with Crippen molar-refractivity contribution in [2.75, 3.05) is 18.4 Å². The second-order valence-electron chi connectivity index (χ2n) is 7.45. The molecule has 1 unspecified atom stereocenters. The van der Waals surface area contributed by atoms with Crippen LogP contribution in [0, 0.1) is 5.92 Å². The van der Waals surface area contributed by atoms with E-state index < -0.39 is 15.9 Å². The summed E-state index contributed by atoms with van der Waals surface area (Å²) in [6.07, 6.45) is 4.11. The maximum Gasteiger partial charge on any atom is 0.246 e. The van der Waals surface area contributed by atoms with Crippen molar-refractivity contribution in [2.45, 2.75) is 27.5 Å². The van der Waals surface area contributed by atoms with Gasteiger partial charge in [0.05, 0.1) is 17.8 Å². The van der Waals surface area contributed by atoms with Crippen LogP contribution in [0.2, 0.25) is 0 Å². The number of aryl methyl sites for hydroxylation is 1. The number of carbonyl (C=O) groups excluding carboxylic acids is 1. The molecule has 4 rings (SSSR count). The minimum absolute atomic E-state index is 0.153. The monoisotopic (exact) mass is 456 g/mol. The lowest BCUT2D eigenvalue weighted by Gasteiger charge is -2.31. The third-order valence-electron chi connectivity index (χ3n) is 5.19. The lowest BCUT2D eigenvalue weighted by Crippen LogP contribution is -2.43. The fraction of sp³-hybridized carbons (Fsp3) is 0.273. The lowest BCUT2D eigenvalue weighted by atomic mass is 9.99. The summed E-state index contributed by atoms with van der Waals surface area (Å²) in [5.41, 5.74) is 0.730. The normalized spacial score (nSPS) is 17.4. The van der Waals surface area contributed by atoms with Crippen LogP contribution in [0.15, 0.2) is 81.7 Å². The van der Waals surface area contributed by atoms with Crippen LogP contribution in [0.4, 0.5) is 5.69 Å². The fourth-order valence-electron chi connectivity index (χ4n) is 3.56. The topological polar surface area (TPSA) is 84.3 Å². The van der Waals surface area contributed by atoms with E-state index in [4.69, 9.17) is 0 Å². The van der Waals surface area contributed by atoms with Gasteiger partial charge in [0.1, 0.15) is 4.90 Å². The summed E-state index contributed by atoms with van der Waals surface area (Å²) >= 11 is 1.58. The Hall–Kier alpha value is -2.62. The largest absolute Gasteiger partial charge is 0.325 e. The summed E-state index contributed by atoms with van der Waals surface area (Å²) < 4.78 is 28.7. The molecule has 2 aromatic carbocycles. The average Bonchev–Trinajstić information content (AvgIpc) is 3.23. The Morgan fingerprint density at radius 3 is 2.61 bits per heavy atom. The van der Waals surface area contributed by atoms with Crippen molar-refractivity contribution >= 4 is 33.4 Å². The zero-order valence-corrected chi connectivity index (χ0v) is 18.8. The van der Waals surface area contributed by atoms with E-state index >= 15 is 0 Å². The fourth-order valence-corrected chi connectivity index (χ4v) is 6.00. The highest BCUT2D eigenvalue weighted by Gasteiger charge is 2.34. The molecule has 1 amide bonds. The van der Waals surface area contributed by atoms with Crippen LogP contribution in [-0.4, -0.2) is 41.5 Å². The van der Waals surface area contributed by atoms with Crippen molar-refractivity contribution in [3.05, 3.63) is 67.0 Å². The van der Waals surface area contributed by atoms with E-state index in [1.807, 2.05) is 54.6 Å². The third-order valence-corrected chi connectivity index (χ3v) is 8.09. The molecular formula is C22H24N4O3S2.